The second-order valence-corrected chi connectivity index (χ2v) is 4.62. The molecule has 2 N–H and O–H groups in total. The zero-order valence-corrected chi connectivity index (χ0v) is 10.8. The fraction of sp³-hybridized carbons (Fsp3) is 0.231. The van der Waals surface area contributed by atoms with Crippen LogP contribution in [0.25, 0.3) is 0 Å². The number of Topliss-reactive ketones (excluding diaryl/α,β-unsaturated/α-hetero) is 1. The molecular weight excluding hydrogens is 252 g/mol. The van der Waals surface area contributed by atoms with Crippen LogP contribution in [0.2, 0.25) is 5.02 Å². The molecule has 94 valence electrons. The van der Waals surface area contributed by atoms with Crippen LogP contribution in [0, 0.1) is 0 Å². The summed E-state index contributed by atoms with van der Waals surface area (Å²) in [7, 11) is 0. The number of carbonyl (C=O) groups excluding carboxylic acids is 2. The van der Waals surface area contributed by atoms with Crippen LogP contribution in [0.15, 0.2) is 35.5 Å². The first kappa shape index (κ1) is 12.6. The van der Waals surface area contributed by atoms with Crippen LogP contribution in [-0.2, 0) is 4.79 Å². The van der Waals surface area contributed by atoms with E-state index in [2.05, 4.69) is 10.6 Å². The lowest BCUT2D eigenvalue weighted by molar-refractivity contribution is -0.114. The smallest absolute Gasteiger partial charge is 0.319 e. The molecule has 1 aromatic rings. The fourth-order valence-electron chi connectivity index (χ4n) is 2.10. The number of allylic oxidation sites excluding steroid dienone is 1. The van der Waals surface area contributed by atoms with Gasteiger partial charge in [-0.05, 0) is 31.5 Å². The van der Waals surface area contributed by atoms with E-state index < -0.39 is 6.04 Å². The van der Waals surface area contributed by atoms with Crippen molar-refractivity contribution in [2.24, 2.45) is 0 Å². The minimum atomic E-state index is -0.449. The first-order valence-corrected chi connectivity index (χ1v) is 5.91. The van der Waals surface area contributed by atoms with Crippen LogP contribution in [-0.4, -0.2) is 11.8 Å². The number of rotatable bonds is 2. The first-order chi connectivity index (χ1) is 8.49. The van der Waals surface area contributed by atoms with Gasteiger partial charge in [-0.1, -0.05) is 23.7 Å². The van der Waals surface area contributed by atoms with Crippen molar-refractivity contribution in [2.45, 2.75) is 19.9 Å². The molecule has 1 atom stereocenters. The second kappa shape index (κ2) is 4.82. The highest BCUT2D eigenvalue weighted by Gasteiger charge is 2.28. The number of ketones is 1. The lowest BCUT2D eigenvalue weighted by Gasteiger charge is -2.28. The number of halogens is 1. The maximum atomic E-state index is 11.7. The van der Waals surface area contributed by atoms with Gasteiger partial charge in [-0.15, -0.1) is 0 Å². The molecule has 1 heterocycles. The van der Waals surface area contributed by atoms with E-state index in [9.17, 15) is 9.59 Å². The predicted octanol–water partition coefficient (Wildman–Crippen LogP) is 2.56. The number of amides is 2. The fourth-order valence-corrected chi connectivity index (χ4v) is 2.30. The summed E-state index contributed by atoms with van der Waals surface area (Å²) in [5.74, 6) is -0.0787. The molecule has 2 amide bonds. The Morgan fingerprint density at radius 3 is 2.72 bits per heavy atom. The second-order valence-electron chi connectivity index (χ2n) is 4.18. The van der Waals surface area contributed by atoms with Crippen molar-refractivity contribution in [1.82, 2.24) is 10.6 Å². The number of benzene rings is 1. The molecular formula is C13H13ClN2O2. The summed E-state index contributed by atoms with van der Waals surface area (Å²) < 4.78 is 0. The van der Waals surface area contributed by atoms with Gasteiger partial charge >= 0.3 is 6.03 Å². The van der Waals surface area contributed by atoms with Crippen LogP contribution in [0.5, 0.6) is 0 Å². The third kappa shape index (κ3) is 2.38. The van der Waals surface area contributed by atoms with Crippen molar-refractivity contribution in [3.63, 3.8) is 0 Å². The van der Waals surface area contributed by atoms with Gasteiger partial charge in [0.15, 0.2) is 5.78 Å². The van der Waals surface area contributed by atoms with Crippen molar-refractivity contribution in [3.05, 3.63) is 46.1 Å². The Hall–Kier alpha value is -1.81. The number of hydrogen-bond acceptors (Lipinski definition) is 2. The Morgan fingerprint density at radius 2 is 2.11 bits per heavy atom. The van der Waals surface area contributed by atoms with Gasteiger partial charge in [0.1, 0.15) is 0 Å². The summed E-state index contributed by atoms with van der Waals surface area (Å²) in [5.41, 5.74) is 1.93. The van der Waals surface area contributed by atoms with Gasteiger partial charge < -0.3 is 10.6 Å². The SMILES string of the molecule is CC(=O)C1=C(C)NC(=O)N[C@H]1c1cccc(Cl)c1. The summed E-state index contributed by atoms with van der Waals surface area (Å²) in [6.45, 7) is 3.20. The maximum absolute atomic E-state index is 11.7. The Labute approximate surface area is 110 Å². The van der Waals surface area contributed by atoms with E-state index in [0.717, 1.165) is 5.56 Å². The molecule has 0 aromatic heterocycles. The zero-order valence-electron chi connectivity index (χ0n) is 10.1. The highest BCUT2D eigenvalue weighted by molar-refractivity contribution is 6.30. The summed E-state index contributed by atoms with van der Waals surface area (Å²) in [4.78, 5) is 23.2. The summed E-state index contributed by atoms with van der Waals surface area (Å²) >= 11 is 5.93. The molecule has 0 bridgehead atoms. The molecule has 0 saturated heterocycles. The number of carbonyl (C=O) groups is 2. The molecule has 1 aliphatic heterocycles. The molecule has 18 heavy (non-hydrogen) atoms. The largest absolute Gasteiger partial charge is 0.327 e. The number of hydrogen-bond donors (Lipinski definition) is 2. The quantitative estimate of drug-likeness (QED) is 0.862. The van der Waals surface area contributed by atoms with E-state index in [0.29, 0.717) is 16.3 Å². The monoisotopic (exact) mass is 264 g/mol. The average Bonchev–Trinajstić information content (AvgIpc) is 2.27. The molecule has 5 heteroatoms. The number of nitrogens with one attached hydrogen (secondary N) is 2. The van der Waals surface area contributed by atoms with E-state index in [1.807, 2.05) is 6.07 Å². The average molecular weight is 265 g/mol. The van der Waals surface area contributed by atoms with Gasteiger partial charge in [0.25, 0.3) is 0 Å². The molecule has 1 aliphatic rings. The van der Waals surface area contributed by atoms with E-state index in [1.54, 1.807) is 25.1 Å². The van der Waals surface area contributed by atoms with Gasteiger partial charge in [-0.25, -0.2) is 4.79 Å². The predicted molar refractivity (Wildman–Crippen MR) is 69.2 cm³/mol. The van der Waals surface area contributed by atoms with E-state index in [4.69, 9.17) is 11.6 Å². The highest BCUT2D eigenvalue weighted by atomic mass is 35.5. The summed E-state index contributed by atoms with van der Waals surface area (Å²) in [5, 5.41) is 5.91. The van der Waals surface area contributed by atoms with Crippen molar-refractivity contribution in [3.8, 4) is 0 Å². The highest BCUT2D eigenvalue weighted by Crippen LogP contribution is 2.28. The Kier molecular flexibility index (Phi) is 3.39. The lowest BCUT2D eigenvalue weighted by Crippen LogP contribution is -2.44. The van der Waals surface area contributed by atoms with Gasteiger partial charge in [-0.2, -0.15) is 0 Å². The molecule has 0 saturated carbocycles. The number of urea groups is 1. The Morgan fingerprint density at radius 1 is 1.39 bits per heavy atom. The van der Waals surface area contributed by atoms with Gasteiger partial charge in [0.2, 0.25) is 0 Å². The molecule has 0 unspecified atom stereocenters. The van der Waals surface area contributed by atoms with Crippen LogP contribution in [0.3, 0.4) is 0 Å². The Balaban J connectivity index is 2.50. The van der Waals surface area contributed by atoms with Crippen molar-refractivity contribution >= 4 is 23.4 Å². The van der Waals surface area contributed by atoms with Crippen LogP contribution in [0.1, 0.15) is 25.5 Å². The molecule has 0 aliphatic carbocycles. The van der Waals surface area contributed by atoms with Crippen molar-refractivity contribution < 1.29 is 9.59 Å². The molecule has 2 rings (SSSR count). The normalized spacial score (nSPS) is 19.3. The van der Waals surface area contributed by atoms with Gasteiger partial charge in [-0.3, -0.25) is 4.79 Å². The third-order valence-corrected chi connectivity index (χ3v) is 3.07. The minimum absolute atomic E-state index is 0.0787. The summed E-state index contributed by atoms with van der Waals surface area (Å²) in [6.07, 6.45) is 0. The first-order valence-electron chi connectivity index (χ1n) is 5.53. The minimum Gasteiger partial charge on any atom is -0.327 e. The standard InChI is InChI=1S/C13H13ClN2O2/c1-7-11(8(2)17)12(16-13(18)15-7)9-4-3-5-10(14)6-9/h3-6,12H,1-2H3,(H2,15,16,18)/t12-/m0/s1. The van der Waals surface area contributed by atoms with Gasteiger partial charge in [0.05, 0.1) is 6.04 Å². The topological polar surface area (TPSA) is 58.2 Å². The molecule has 0 spiro atoms. The summed E-state index contributed by atoms with van der Waals surface area (Å²) in [6, 6.07) is 6.35. The van der Waals surface area contributed by atoms with Crippen LogP contribution < -0.4 is 10.6 Å². The lowest BCUT2D eigenvalue weighted by atomic mass is 9.93. The Bertz CT molecular complexity index is 552. The van der Waals surface area contributed by atoms with Crippen molar-refractivity contribution in [1.29, 1.82) is 0 Å². The van der Waals surface area contributed by atoms with Gasteiger partial charge in [0, 0.05) is 16.3 Å². The molecule has 0 radical (unpaired) electrons. The van der Waals surface area contributed by atoms with E-state index >= 15 is 0 Å². The molecule has 0 fully saturated rings. The van der Waals surface area contributed by atoms with Crippen LogP contribution in [0.4, 0.5) is 4.79 Å². The molecule has 1 aromatic carbocycles. The maximum Gasteiger partial charge on any atom is 0.319 e. The molecule has 4 nitrogen and oxygen atoms in total. The van der Waals surface area contributed by atoms with E-state index in [-0.39, 0.29) is 11.8 Å². The van der Waals surface area contributed by atoms with E-state index in [1.165, 1.54) is 6.92 Å². The van der Waals surface area contributed by atoms with Crippen LogP contribution >= 0.6 is 11.6 Å². The third-order valence-electron chi connectivity index (χ3n) is 2.83. The zero-order chi connectivity index (χ0) is 13.3. The van der Waals surface area contributed by atoms with Crippen molar-refractivity contribution in [2.75, 3.05) is 0 Å².